The number of halogens is 2. The van der Waals surface area contributed by atoms with Gasteiger partial charge in [-0.3, -0.25) is 28.8 Å². The first-order valence-corrected chi connectivity index (χ1v) is 7.98. The second kappa shape index (κ2) is 21.1. The van der Waals surface area contributed by atoms with Crippen LogP contribution in [0.25, 0.3) is 0 Å². The van der Waals surface area contributed by atoms with Gasteiger partial charge in [-0.1, -0.05) is 0 Å². The Labute approximate surface area is 185 Å². The number of hydroxylamine groups is 2. The summed E-state index contributed by atoms with van der Waals surface area (Å²) in [7, 11) is 0. The van der Waals surface area contributed by atoms with Gasteiger partial charge in [0.05, 0.1) is 26.2 Å². The van der Waals surface area contributed by atoms with Gasteiger partial charge < -0.3 is 26.9 Å². The number of ketones is 2. The van der Waals surface area contributed by atoms with Crippen LogP contribution in [-0.4, -0.2) is 72.9 Å². The van der Waals surface area contributed by atoms with Crippen LogP contribution in [0.1, 0.15) is 26.7 Å². The highest BCUT2D eigenvalue weighted by Gasteiger charge is 2.31. The van der Waals surface area contributed by atoms with Crippen molar-refractivity contribution in [2.24, 2.45) is 11.5 Å². The highest BCUT2D eigenvalue weighted by atomic mass is 35.5. The van der Waals surface area contributed by atoms with E-state index in [4.69, 9.17) is 11.5 Å². The van der Waals surface area contributed by atoms with Crippen molar-refractivity contribution in [1.82, 2.24) is 15.7 Å². The molecule has 0 aromatic carbocycles. The minimum Gasteiger partial charge on any atom is -0.352 e. The Morgan fingerprint density at radius 1 is 0.967 bits per heavy atom. The van der Waals surface area contributed by atoms with Crippen molar-refractivity contribution in [3.05, 3.63) is 0 Å². The van der Waals surface area contributed by atoms with Gasteiger partial charge in [0.25, 0.3) is 11.8 Å². The summed E-state index contributed by atoms with van der Waals surface area (Å²) in [6.07, 6.45) is 0.698. The molecule has 1 heterocycles. The topological polar surface area (TPSA) is 208 Å². The highest BCUT2D eigenvalue weighted by Crippen LogP contribution is 2.11. The summed E-state index contributed by atoms with van der Waals surface area (Å²) in [6, 6.07) is 0. The van der Waals surface area contributed by atoms with Crippen LogP contribution in [0.2, 0.25) is 0 Å². The van der Waals surface area contributed by atoms with E-state index in [1.165, 1.54) is 6.92 Å². The number of nitrogens with zero attached hydrogens (tertiary/aromatic N) is 1. The number of carbonyl (C=O) groups excluding carboxylic acids is 7. The molecule has 0 aliphatic carbocycles. The lowest BCUT2D eigenvalue weighted by atomic mass is 10.4. The number of imide groups is 1. The molecule has 1 aliphatic heterocycles. The lowest BCUT2D eigenvalue weighted by Gasteiger charge is -2.09. The van der Waals surface area contributed by atoms with E-state index in [2.05, 4.69) is 15.5 Å². The van der Waals surface area contributed by atoms with Crippen LogP contribution >= 0.6 is 24.8 Å². The molecular weight excluding hydrogens is 449 g/mol. The Morgan fingerprint density at radius 3 is 1.73 bits per heavy atom. The Balaban J connectivity index is -0.000000171. The van der Waals surface area contributed by atoms with Gasteiger partial charge in [-0.2, -0.15) is 0 Å². The van der Waals surface area contributed by atoms with Crippen LogP contribution in [0, 0.1) is 0 Å². The first-order chi connectivity index (χ1) is 13.1. The van der Waals surface area contributed by atoms with E-state index in [0.717, 1.165) is 6.92 Å². The number of hydrogen-bond donors (Lipinski definition) is 4. The monoisotopic (exact) mass is 475 g/mol. The lowest BCUT2D eigenvalue weighted by molar-refractivity contribution is -0.195. The van der Waals surface area contributed by atoms with Gasteiger partial charge in [-0.05, 0) is 0 Å². The number of nitrogens with one attached hydrogen (secondary N) is 2. The maximum Gasteiger partial charge on any atom is 0.330 e. The van der Waals surface area contributed by atoms with Crippen LogP contribution in [-0.2, 0) is 38.4 Å². The first-order valence-electron chi connectivity index (χ1n) is 7.98. The number of rotatable bonds is 8. The molecular formula is C15H27Cl2N5O8. The predicted octanol–water partition coefficient (Wildman–Crippen LogP) is -2.63. The molecule has 1 aliphatic rings. The van der Waals surface area contributed by atoms with Gasteiger partial charge in [0.1, 0.15) is 0 Å². The Kier molecular flexibility index (Phi) is 24.5. The first kappa shape index (κ1) is 34.9. The fraction of sp³-hybridized carbons (Fsp3) is 0.533. The maximum atomic E-state index is 10.7. The summed E-state index contributed by atoms with van der Waals surface area (Å²) in [4.78, 5) is 76.7. The van der Waals surface area contributed by atoms with Crippen molar-refractivity contribution in [2.75, 3.05) is 26.2 Å². The molecule has 4 amide bonds. The molecule has 0 atom stereocenters. The summed E-state index contributed by atoms with van der Waals surface area (Å²) >= 11 is 0. The molecule has 0 saturated carbocycles. The minimum atomic E-state index is -0.659. The molecule has 1 rings (SSSR count). The third-order valence-electron chi connectivity index (χ3n) is 2.60. The fourth-order valence-electron chi connectivity index (χ4n) is 1.31. The van der Waals surface area contributed by atoms with Crippen LogP contribution < -0.4 is 22.1 Å². The largest absolute Gasteiger partial charge is 0.352 e. The van der Waals surface area contributed by atoms with Crippen LogP contribution in [0.4, 0.5) is 0 Å². The van der Waals surface area contributed by atoms with Crippen LogP contribution in [0.15, 0.2) is 0 Å². The Morgan fingerprint density at radius 2 is 1.43 bits per heavy atom. The predicted molar refractivity (Wildman–Crippen MR) is 108 cm³/mol. The van der Waals surface area contributed by atoms with E-state index in [1.807, 2.05) is 0 Å². The second-order valence-electron chi connectivity index (χ2n) is 5.06. The second-order valence-corrected chi connectivity index (χ2v) is 5.06. The van der Waals surface area contributed by atoms with E-state index in [9.17, 15) is 33.6 Å². The van der Waals surface area contributed by atoms with E-state index >= 15 is 0 Å². The number of carbonyl (C=O) groups is 7. The van der Waals surface area contributed by atoms with Crippen LogP contribution in [0.3, 0.4) is 0 Å². The SMILES string of the molecule is CC(=O)NCC(=O)CNC=O.CC(=O)ON1C(=O)CCC1=O.Cl.Cl.NCC(=O)CN. The maximum absolute atomic E-state index is 10.7. The zero-order chi connectivity index (χ0) is 22.1. The average Bonchev–Trinajstić information content (AvgIpc) is 2.96. The summed E-state index contributed by atoms with van der Waals surface area (Å²) < 4.78 is 0. The summed E-state index contributed by atoms with van der Waals surface area (Å²) in [6.45, 7) is 2.52. The minimum absolute atomic E-state index is 0. The van der Waals surface area contributed by atoms with E-state index < -0.39 is 17.8 Å². The molecule has 0 aromatic rings. The average molecular weight is 476 g/mol. The van der Waals surface area contributed by atoms with Crippen molar-refractivity contribution in [3.63, 3.8) is 0 Å². The summed E-state index contributed by atoms with van der Waals surface area (Å²) in [5.74, 6) is -2.16. The van der Waals surface area contributed by atoms with Gasteiger partial charge in [0.2, 0.25) is 12.3 Å². The van der Waals surface area contributed by atoms with Gasteiger partial charge >= 0.3 is 5.97 Å². The van der Waals surface area contributed by atoms with Gasteiger partial charge in [0.15, 0.2) is 11.6 Å². The standard InChI is InChI=1S/C6H10N2O3.C6H7NO4.C3H8N2O.2ClH/c1-5(10)8-3-6(11)2-7-4-9;1-4(8)11-7-5(9)2-3-6(7)10;4-1-3(6)2-5;;/h4H,2-3H2,1H3,(H,7,9)(H,8,10);2-3H2,1H3;1-2,4-5H2;2*1H. The molecule has 30 heavy (non-hydrogen) atoms. The fourth-order valence-corrected chi connectivity index (χ4v) is 1.31. The number of hydrogen-bond acceptors (Lipinski definition) is 10. The zero-order valence-electron chi connectivity index (χ0n) is 16.5. The van der Waals surface area contributed by atoms with Crippen molar-refractivity contribution in [1.29, 1.82) is 0 Å². The normalized spacial score (nSPS) is 11.1. The third-order valence-corrected chi connectivity index (χ3v) is 2.60. The molecule has 0 unspecified atom stereocenters. The van der Waals surface area contributed by atoms with Crippen molar-refractivity contribution in [2.45, 2.75) is 26.7 Å². The van der Waals surface area contributed by atoms with Crippen molar-refractivity contribution in [3.8, 4) is 0 Å². The Hall–Kier alpha value is -2.61. The third kappa shape index (κ3) is 20.1. The van der Waals surface area contributed by atoms with Gasteiger partial charge in [-0.15, -0.1) is 29.9 Å². The number of nitrogens with two attached hydrogens (primary N) is 2. The summed E-state index contributed by atoms with van der Waals surface area (Å²) in [5, 5.41) is 5.02. The van der Waals surface area contributed by atoms with E-state index in [-0.39, 0.29) is 81.3 Å². The molecule has 0 radical (unpaired) electrons. The van der Waals surface area contributed by atoms with Crippen molar-refractivity contribution >= 4 is 66.5 Å². The Bertz CT molecular complexity index is 582. The molecule has 0 spiro atoms. The number of amides is 4. The quantitative estimate of drug-likeness (QED) is 0.212. The van der Waals surface area contributed by atoms with Crippen LogP contribution in [0.5, 0.6) is 0 Å². The molecule has 1 fully saturated rings. The van der Waals surface area contributed by atoms with Gasteiger partial charge in [-0.25, -0.2) is 4.79 Å². The lowest BCUT2D eigenvalue weighted by Crippen LogP contribution is -2.33. The molecule has 13 nitrogen and oxygen atoms in total. The highest BCUT2D eigenvalue weighted by molar-refractivity contribution is 6.01. The molecule has 15 heteroatoms. The molecule has 0 bridgehead atoms. The van der Waals surface area contributed by atoms with Crippen molar-refractivity contribution < 1.29 is 38.4 Å². The molecule has 1 saturated heterocycles. The van der Waals surface area contributed by atoms with E-state index in [1.54, 1.807) is 0 Å². The molecule has 6 N–H and O–H groups in total. The van der Waals surface area contributed by atoms with E-state index in [0.29, 0.717) is 11.5 Å². The molecule has 174 valence electrons. The van der Waals surface area contributed by atoms with Gasteiger partial charge in [0, 0.05) is 26.7 Å². The molecule has 0 aromatic heterocycles. The zero-order valence-corrected chi connectivity index (χ0v) is 18.1. The smallest absolute Gasteiger partial charge is 0.330 e. The summed E-state index contributed by atoms with van der Waals surface area (Å²) in [5.41, 5.74) is 9.71. The number of Topliss-reactive ketones (excluding diaryl/α,β-unsaturated/α-hetero) is 2.